The van der Waals surface area contributed by atoms with Crippen molar-refractivity contribution in [3.05, 3.63) is 28.8 Å². The van der Waals surface area contributed by atoms with Gasteiger partial charge in [0.05, 0.1) is 13.2 Å². The van der Waals surface area contributed by atoms with Gasteiger partial charge in [0.2, 0.25) is 0 Å². The minimum absolute atomic E-state index is 0.118. The van der Waals surface area contributed by atoms with Crippen molar-refractivity contribution < 1.29 is 4.74 Å². The molecule has 1 aliphatic carbocycles. The van der Waals surface area contributed by atoms with E-state index in [1.165, 1.54) is 19.3 Å². The maximum Gasteiger partial charge on any atom is 0.125 e. The number of methoxy groups -OCH3 is 1. The zero-order valence-corrected chi connectivity index (χ0v) is 13.3. The Bertz CT molecular complexity index is 442. The molecule has 2 rings (SSSR count). The Kier molecular flexibility index (Phi) is 5.30. The topological polar surface area (TPSA) is 47.3 Å². The average Bonchev–Trinajstić information content (AvgIpc) is 2.40. The first kappa shape index (κ1) is 15.6. The summed E-state index contributed by atoms with van der Waals surface area (Å²) >= 11 is 6.04. The van der Waals surface area contributed by atoms with Crippen LogP contribution in [0, 0.1) is 17.8 Å². The van der Waals surface area contributed by atoms with Crippen LogP contribution in [0.1, 0.15) is 44.7 Å². The van der Waals surface area contributed by atoms with Gasteiger partial charge in [0.25, 0.3) is 0 Å². The van der Waals surface area contributed by atoms with Crippen LogP contribution in [-0.2, 0) is 0 Å². The number of nitrogens with one attached hydrogen (secondary N) is 1. The standard InChI is InChI=1S/C16H25ClN2O/c1-10-6-11(2)8-12(7-10)16(19-18)14-5-4-13(17)9-15(14)20-3/h4-5,9-12,16,19H,6-8,18H2,1-3H3. The van der Waals surface area contributed by atoms with Crippen LogP contribution >= 0.6 is 11.6 Å². The van der Waals surface area contributed by atoms with Gasteiger partial charge in [0, 0.05) is 10.6 Å². The van der Waals surface area contributed by atoms with Crippen LogP contribution in [0.4, 0.5) is 0 Å². The van der Waals surface area contributed by atoms with E-state index in [2.05, 4.69) is 19.3 Å². The van der Waals surface area contributed by atoms with E-state index in [0.717, 1.165) is 23.1 Å². The number of hydrazine groups is 1. The molecule has 3 atom stereocenters. The SMILES string of the molecule is COc1cc(Cl)ccc1C(NN)C1CC(C)CC(C)C1. The molecule has 0 amide bonds. The molecule has 0 spiro atoms. The highest BCUT2D eigenvalue weighted by Gasteiger charge is 2.31. The molecule has 4 heteroatoms. The van der Waals surface area contributed by atoms with Crippen molar-refractivity contribution >= 4 is 11.6 Å². The Balaban J connectivity index is 2.27. The van der Waals surface area contributed by atoms with Crippen molar-refractivity contribution in [3.8, 4) is 5.75 Å². The van der Waals surface area contributed by atoms with Crippen LogP contribution in [-0.4, -0.2) is 7.11 Å². The molecule has 0 aliphatic heterocycles. The lowest BCUT2D eigenvalue weighted by atomic mass is 9.72. The normalized spacial score (nSPS) is 28.1. The number of rotatable bonds is 4. The molecule has 0 bridgehead atoms. The first-order valence-electron chi connectivity index (χ1n) is 7.34. The third-order valence-electron chi connectivity index (χ3n) is 4.40. The summed E-state index contributed by atoms with van der Waals surface area (Å²) in [6, 6.07) is 5.90. The molecule has 3 unspecified atom stereocenters. The maximum atomic E-state index is 6.04. The lowest BCUT2D eigenvalue weighted by Crippen LogP contribution is -2.37. The molecule has 20 heavy (non-hydrogen) atoms. The zero-order chi connectivity index (χ0) is 14.7. The minimum Gasteiger partial charge on any atom is -0.496 e. The lowest BCUT2D eigenvalue weighted by molar-refractivity contribution is 0.175. The summed E-state index contributed by atoms with van der Waals surface area (Å²) in [6.45, 7) is 4.66. The number of ether oxygens (including phenoxy) is 1. The fourth-order valence-corrected chi connectivity index (χ4v) is 3.87. The van der Waals surface area contributed by atoms with Gasteiger partial charge in [-0.1, -0.05) is 31.5 Å². The fraction of sp³-hybridized carbons (Fsp3) is 0.625. The number of hydrogen-bond acceptors (Lipinski definition) is 3. The van der Waals surface area contributed by atoms with E-state index in [1.807, 2.05) is 18.2 Å². The highest BCUT2D eigenvalue weighted by atomic mass is 35.5. The van der Waals surface area contributed by atoms with Gasteiger partial charge in [-0.15, -0.1) is 0 Å². The van der Waals surface area contributed by atoms with Crippen molar-refractivity contribution in [2.45, 2.75) is 39.2 Å². The van der Waals surface area contributed by atoms with Crippen LogP contribution in [0.2, 0.25) is 5.02 Å². The minimum atomic E-state index is 0.118. The number of hydrogen-bond donors (Lipinski definition) is 2. The molecular formula is C16H25ClN2O. The molecule has 0 radical (unpaired) electrons. The molecule has 1 aromatic carbocycles. The predicted molar refractivity (Wildman–Crippen MR) is 83.7 cm³/mol. The fourth-order valence-electron chi connectivity index (χ4n) is 3.70. The van der Waals surface area contributed by atoms with Crippen molar-refractivity contribution in [3.63, 3.8) is 0 Å². The molecule has 0 saturated heterocycles. The second-order valence-electron chi connectivity index (χ2n) is 6.21. The maximum absolute atomic E-state index is 6.04. The molecule has 1 saturated carbocycles. The molecule has 1 fully saturated rings. The molecule has 1 aromatic rings. The number of nitrogens with two attached hydrogens (primary N) is 1. The first-order valence-corrected chi connectivity index (χ1v) is 7.72. The molecule has 0 aromatic heterocycles. The smallest absolute Gasteiger partial charge is 0.125 e. The van der Waals surface area contributed by atoms with Gasteiger partial charge in [-0.25, -0.2) is 0 Å². The van der Waals surface area contributed by atoms with E-state index < -0.39 is 0 Å². The highest BCUT2D eigenvalue weighted by Crippen LogP contribution is 2.42. The Morgan fingerprint density at radius 3 is 2.45 bits per heavy atom. The van der Waals surface area contributed by atoms with Crippen molar-refractivity contribution in [2.24, 2.45) is 23.6 Å². The number of halogens is 1. The molecule has 0 heterocycles. The van der Waals surface area contributed by atoms with Crippen molar-refractivity contribution in [1.82, 2.24) is 5.43 Å². The Labute approximate surface area is 126 Å². The van der Waals surface area contributed by atoms with Crippen molar-refractivity contribution in [2.75, 3.05) is 7.11 Å². The Hall–Kier alpha value is -0.770. The largest absolute Gasteiger partial charge is 0.496 e. The van der Waals surface area contributed by atoms with Gasteiger partial charge in [0.1, 0.15) is 5.75 Å². The van der Waals surface area contributed by atoms with Crippen LogP contribution in [0.3, 0.4) is 0 Å². The van der Waals surface area contributed by atoms with Crippen LogP contribution in [0.25, 0.3) is 0 Å². The lowest BCUT2D eigenvalue weighted by Gasteiger charge is -2.36. The monoisotopic (exact) mass is 296 g/mol. The van der Waals surface area contributed by atoms with Gasteiger partial charge >= 0.3 is 0 Å². The van der Waals surface area contributed by atoms with Crippen molar-refractivity contribution in [1.29, 1.82) is 0 Å². The van der Waals surface area contributed by atoms with E-state index in [1.54, 1.807) is 7.11 Å². The third kappa shape index (κ3) is 3.46. The summed E-state index contributed by atoms with van der Waals surface area (Å²) in [6.07, 6.45) is 3.71. The van der Waals surface area contributed by atoms with E-state index in [9.17, 15) is 0 Å². The van der Waals surface area contributed by atoms with Gasteiger partial charge in [-0.05, 0) is 49.1 Å². The summed E-state index contributed by atoms with van der Waals surface area (Å²) in [7, 11) is 1.68. The number of benzene rings is 1. The molecular weight excluding hydrogens is 272 g/mol. The molecule has 1 aliphatic rings. The summed E-state index contributed by atoms with van der Waals surface area (Å²) in [5.41, 5.74) is 4.10. The Morgan fingerprint density at radius 1 is 1.25 bits per heavy atom. The second kappa shape index (κ2) is 6.79. The summed E-state index contributed by atoms with van der Waals surface area (Å²) in [5, 5.41) is 0.687. The quantitative estimate of drug-likeness (QED) is 0.654. The Morgan fingerprint density at radius 2 is 1.90 bits per heavy atom. The first-order chi connectivity index (χ1) is 9.55. The average molecular weight is 297 g/mol. The second-order valence-corrected chi connectivity index (χ2v) is 6.64. The van der Waals surface area contributed by atoms with Crippen LogP contribution in [0.15, 0.2) is 18.2 Å². The predicted octanol–water partition coefficient (Wildman–Crippen LogP) is 3.93. The highest BCUT2D eigenvalue weighted by molar-refractivity contribution is 6.30. The zero-order valence-electron chi connectivity index (χ0n) is 12.5. The van der Waals surface area contributed by atoms with Gasteiger partial charge in [-0.2, -0.15) is 0 Å². The summed E-state index contributed by atoms with van der Waals surface area (Å²) in [4.78, 5) is 0. The van der Waals surface area contributed by atoms with Gasteiger partial charge in [-0.3, -0.25) is 11.3 Å². The van der Waals surface area contributed by atoms with E-state index in [0.29, 0.717) is 10.9 Å². The molecule has 3 N–H and O–H groups in total. The molecule has 112 valence electrons. The molecule has 3 nitrogen and oxygen atoms in total. The van der Waals surface area contributed by atoms with Gasteiger partial charge in [0.15, 0.2) is 0 Å². The summed E-state index contributed by atoms with van der Waals surface area (Å²) in [5.74, 6) is 8.69. The van der Waals surface area contributed by atoms with E-state index in [4.69, 9.17) is 22.2 Å². The summed E-state index contributed by atoms with van der Waals surface area (Å²) < 4.78 is 5.47. The van der Waals surface area contributed by atoms with E-state index >= 15 is 0 Å². The van der Waals surface area contributed by atoms with Crippen LogP contribution < -0.4 is 16.0 Å². The third-order valence-corrected chi connectivity index (χ3v) is 4.63. The van der Waals surface area contributed by atoms with Crippen LogP contribution in [0.5, 0.6) is 5.75 Å². The van der Waals surface area contributed by atoms with Gasteiger partial charge < -0.3 is 4.74 Å². The van der Waals surface area contributed by atoms with E-state index in [-0.39, 0.29) is 6.04 Å².